The monoisotopic (exact) mass is 230 g/mol. The number of benzene rings is 1. The molecule has 0 radical (unpaired) electrons. The molecule has 0 saturated heterocycles. The maximum absolute atomic E-state index is 13.6. The summed E-state index contributed by atoms with van der Waals surface area (Å²) in [5, 5.41) is 9.35. The van der Waals surface area contributed by atoms with Gasteiger partial charge in [0.05, 0.1) is 6.61 Å². The van der Waals surface area contributed by atoms with Gasteiger partial charge in [-0.25, -0.2) is 13.2 Å². The van der Waals surface area contributed by atoms with Crippen LogP contribution < -0.4 is 0 Å². The highest BCUT2D eigenvalue weighted by Gasteiger charge is 2.62. The van der Waals surface area contributed by atoms with Crippen LogP contribution in [0, 0.1) is 22.9 Å². The lowest BCUT2D eigenvalue weighted by Gasteiger charge is -2.19. The van der Waals surface area contributed by atoms with Crippen molar-refractivity contribution in [3.8, 4) is 0 Å². The van der Waals surface area contributed by atoms with Gasteiger partial charge in [-0.3, -0.25) is 0 Å². The molecule has 1 N–H and O–H groups in total. The molecule has 1 atom stereocenters. The quantitative estimate of drug-likeness (QED) is 0.774. The molecule has 1 fully saturated rings. The van der Waals surface area contributed by atoms with Gasteiger partial charge in [-0.1, -0.05) is 13.8 Å². The van der Waals surface area contributed by atoms with Crippen LogP contribution in [0.25, 0.3) is 0 Å². The van der Waals surface area contributed by atoms with E-state index in [2.05, 4.69) is 0 Å². The van der Waals surface area contributed by atoms with Crippen LogP contribution in [0.1, 0.15) is 25.8 Å². The minimum atomic E-state index is -1.20. The Morgan fingerprint density at radius 1 is 1.12 bits per heavy atom. The second-order valence-electron chi connectivity index (χ2n) is 5.05. The fourth-order valence-corrected chi connectivity index (χ4v) is 2.41. The van der Waals surface area contributed by atoms with Crippen molar-refractivity contribution in [1.29, 1.82) is 0 Å². The van der Waals surface area contributed by atoms with E-state index in [1.54, 1.807) is 0 Å². The first-order chi connectivity index (χ1) is 7.34. The lowest BCUT2D eigenvalue weighted by Crippen LogP contribution is -2.21. The van der Waals surface area contributed by atoms with E-state index in [1.807, 2.05) is 13.8 Å². The Morgan fingerprint density at radius 3 is 2.06 bits per heavy atom. The van der Waals surface area contributed by atoms with Crippen LogP contribution in [0.4, 0.5) is 13.2 Å². The second kappa shape index (κ2) is 3.23. The zero-order valence-corrected chi connectivity index (χ0v) is 9.15. The summed E-state index contributed by atoms with van der Waals surface area (Å²) in [5.41, 5.74) is -0.989. The van der Waals surface area contributed by atoms with E-state index in [4.69, 9.17) is 0 Å². The summed E-state index contributed by atoms with van der Waals surface area (Å²) in [6.45, 7) is 3.47. The minimum Gasteiger partial charge on any atom is -0.395 e. The average Bonchev–Trinajstić information content (AvgIpc) is 2.76. The third kappa shape index (κ3) is 1.36. The molecule has 0 amide bonds. The smallest absolute Gasteiger partial charge is 0.161 e. The molecule has 0 bridgehead atoms. The second-order valence-corrected chi connectivity index (χ2v) is 5.05. The molecular weight excluding hydrogens is 217 g/mol. The summed E-state index contributed by atoms with van der Waals surface area (Å²) in [6, 6.07) is 1.39. The van der Waals surface area contributed by atoms with Crippen molar-refractivity contribution in [2.45, 2.75) is 25.7 Å². The van der Waals surface area contributed by atoms with Gasteiger partial charge in [0.1, 0.15) is 5.82 Å². The van der Waals surface area contributed by atoms with Crippen LogP contribution in [0.2, 0.25) is 0 Å². The summed E-state index contributed by atoms with van der Waals surface area (Å²) in [6.07, 6.45) is 0.568. The minimum absolute atomic E-state index is 0.0684. The molecule has 4 heteroatoms. The van der Waals surface area contributed by atoms with Crippen LogP contribution in [0.3, 0.4) is 0 Å². The zero-order chi connectivity index (χ0) is 12.1. The number of aliphatic hydroxyl groups excluding tert-OH is 1. The van der Waals surface area contributed by atoms with Gasteiger partial charge in [-0.2, -0.15) is 0 Å². The molecule has 1 nitrogen and oxygen atoms in total. The molecule has 1 aliphatic carbocycles. The van der Waals surface area contributed by atoms with Crippen molar-refractivity contribution in [1.82, 2.24) is 0 Å². The maximum Gasteiger partial charge on any atom is 0.161 e. The van der Waals surface area contributed by atoms with Crippen LogP contribution in [0.15, 0.2) is 12.1 Å². The first-order valence-corrected chi connectivity index (χ1v) is 5.10. The van der Waals surface area contributed by atoms with Crippen LogP contribution in [0.5, 0.6) is 0 Å². The first kappa shape index (κ1) is 11.5. The van der Waals surface area contributed by atoms with E-state index in [9.17, 15) is 18.3 Å². The van der Waals surface area contributed by atoms with Crippen molar-refractivity contribution in [2.75, 3.05) is 6.61 Å². The number of hydrogen-bond donors (Lipinski definition) is 1. The van der Waals surface area contributed by atoms with Gasteiger partial charge >= 0.3 is 0 Å². The largest absolute Gasteiger partial charge is 0.395 e. The van der Waals surface area contributed by atoms with Crippen molar-refractivity contribution in [3.05, 3.63) is 35.1 Å². The molecule has 88 valence electrons. The summed E-state index contributed by atoms with van der Waals surface area (Å²) >= 11 is 0. The SMILES string of the molecule is CC1(C)CC1(CO)c1cc(F)c(F)cc1F. The lowest BCUT2D eigenvalue weighted by atomic mass is 9.88. The van der Waals surface area contributed by atoms with Crippen molar-refractivity contribution in [3.63, 3.8) is 0 Å². The molecule has 2 rings (SSSR count). The fraction of sp³-hybridized carbons (Fsp3) is 0.500. The summed E-state index contributed by atoms with van der Waals surface area (Å²) < 4.78 is 39.4. The summed E-state index contributed by atoms with van der Waals surface area (Å²) in [4.78, 5) is 0. The summed E-state index contributed by atoms with van der Waals surface area (Å²) in [5.74, 6) is -3.07. The van der Waals surface area contributed by atoms with E-state index in [0.717, 1.165) is 6.07 Å². The lowest BCUT2D eigenvalue weighted by molar-refractivity contribution is 0.227. The Hall–Kier alpha value is -1.03. The predicted octanol–water partition coefficient (Wildman–Crippen LogP) is 2.76. The van der Waals surface area contributed by atoms with Gasteiger partial charge in [0.25, 0.3) is 0 Å². The van der Waals surface area contributed by atoms with Gasteiger partial charge in [0.2, 0.25) is 0 Å². The average molecular weight is 230 g/mol. The highest BCUT2D eigenvalue weighted by Crippen LogP contribution is 2.64. The molecule has 1 aromatic carbocycles. The molecule has 0 heterocycles. The standard InChI is InChI=1S/C12H13F3O/c1-11(2)5-12(11,6-16)7-3-9(14)10(15)4-8(7)13/h3-4,16H,5-6H2,1-2H3. The normalized spacial score (nSPS) is 26.9. The van der Waals surface area contributed by atoms with Crippen LogP contribution in [-0.4, -0.2) is 11.7 Å². The molecule has 0 aromatic heterocycles. The van der Waals surface area contributed by atoms with E-state index >= 15 is 0 Å². The molecule has 1 aliphatic rings. The van der Waals surface area contributed by atoms with E-state index in [1.165, 1.54) is 0 Å². The fourth-order valence-electron chi connectivity index (χ4n) is 2.41. The zero-order valence-electron chi connectivity index (χ0n) is 9.15. The number of aliphatic hydroxyl groups is 1. The Balaban J connectivity index is 2.53. The molecule has 1 aromatic rings. The molecular formula is C12H13F3O. The van der Waals surface area contributed by atoms with Crippen molar-refractivity contribution < 1.29 is 18.3 Å². The third-order valence-corrected chi connectivity index (χ3v) is 3.71. The Kier molecular flexibility index (Phi) is 2.31. The van der Waals surface area contributed by atoms with Gasteiger partial charge in [-0.05, 0) is 23.5 Å². The number of halogens is 3. The first-order valence-electron chi connectivity index (χ1n) is 5.10. The van der Waals surface area contributed by atoms with E-state index in [0.29, 0.717) is 12.5 Å². The number of hydrogen-bond acceptors (Lipinski definition) is 1. The molecule has 16 heavy (non-hydrogen) atoms. The van der Waals surface area contributed by atoms with Crippen molar-refractivity contribution in [2.24, 2.45) is 5.41 Å². The van der Waals surface area contributed by atoms with Gasteiger partial charge < -0.3 is 5.11 Å². The number of rotatable bonds is 2. The molecule has 0 aliphatic heterocycles. The molecule has 1 unspecified atom stereocenters. The highest BCUT2D eigenvalue weighted by atomic mass is 19.2. The van der Waals surface area contributed by atoms with Crippen LogP contribution in [-0.2, 0) is 5.41 Å². The Labute approximate surface area is 91.9 Å². The Bertz CT molecular complexity index is 442. The third-order valence-electron chi connectivity index (χ3n) is 3.71. The summed E-state index contributed by atoms with van der Waals surface area (Å²) in [7, 11) is 0. The van der Waals surface area contributed by atoms with E-state index < -0.39 is 22.9 Å². The maximum atomic E-state index is 13.6. The van der Waals surface area contributed by atoms with E-state index in [-0.39, 0.29) is 17.6 Å². The van der Waals surface area contributed by atoms with Gasteiger partial charge in [-0.15, -0.1) is 0 Å². The predicted molar refractivity (Wildman–Crippen MR) is 53.5 cm³/mol. The van der Waals surface area contributed by atoms with Crippen LogP contribution >= 0.6 is 0 Å². The molecule has 1 saturated carbocycles. The van der Waals surface area contributed by atoms with Gasteiger partial charge in [0.15, 0.2) is 11.6 Å². The highest BCUT2D eigenvalue weighted by molar-refractivity contribution is 5.38. The Morgan fingerprint density at radius 2 is 1.62 bits per heavy atom. The van der Waals surface area contributed by atoms with Gasteiger partial charge in [0, 0.05) is 11.5 Å². The van der Waals surface area contributed by atoms with Crippen molar-refractivity contribution >= 4 is 0 Å². The topological polar surface area (TPSA) is 20.2 Å². The molecule has 0 spiro atoms.